The predicted molar refractivity (Wildman–Crippen MR) is 103 cm³/mol. The Labute approximate surface area is 160 Å². The highest BCUT2D eigenvalue weighted by Gasteiger charge is 2.68. The lowest BCUT2D eigenvalue weighted by atomic mass is 9.55. The van der Waals surface area contributed by atoms with E-state index in [0.29, 0.717) is 6.04 Å². The van der Waals surface area contributed by atoms with Crippen molar-refractivity contribution in [1.29, 1.82) is 0 Å². The van der Waals surface area contributed by atoms with Crippen LogP contribution in [0.4, 0.5) is 5.69 Å². The van der Waals surface area contributed by atoms with Gasteiger partial charge in [0.25, 0.3) is 0 Å². The highest BCUT2D eigenvalue weighted by Crippen LogP contribution is 2.60. The summed E-state index contributed by atoms with van der Waals surface area (Å²) in [5, 5.41) is 3.63. The van der Waals surface area contributed by atoms with Gasteiger partial charge in [-0.15, -0.1) is 0 Å². The highest BCUT2D eigenvalue weighted by atomic mass is 16.5. The Morgan fingerprint density at radius 3 is 2.96 bits per heavy atom. The van der Waals surface area contributed by atoms with Crippen LogP contribution in [0.3, 0.4) is 0 Å². The van der Waals surface area contributed by atoms with Gasteiger partial charge >= 0.3 is 5.97 Å². The zero-order valence-electron chi connectivity index (χ0n) is 16.2. The number of anilines is 1. The molecule has 1 unspecified atom stereocenters. The van der Waals surface area contributed by atoms with Gasteiger partial charge in [0.2, 0.25) is 0 Å². The first kappa shape index (κ1) is 16.9. The minimum Gasteiger partial charge on any atom is -0.497 e. The van der Waals surface area contributed by atoms with Crippen LogP contribution < -0.4 is 15.0 Å². The summed E-state index contributed by atoms with van der Waals surface area (Å²) in [5.41, 5.74) is 4.15. The van der Waals surface area contributed by atoms with Crippen molar-refractivity contribution in [2.75, 3.05) is 32.6 Å². The first-order valence-corrected chi connectivity index (χ1v) is 9.89. The summed E-state index contributed by atoms with van der Waals surface area (Å²) in [7, 11) is 3.18. The van der Waals surface area contributed by atoms with E-state index in [9.17, 15) is 4.79 Å². The molecule has 1 fully saturated rings. The second-order valence-corrected chi connectivity index (χ2v) is 8.31. The minimum atomic E-state index is -0.199. The van der Waals surface area contributed by atoms with Crippen LogP contribution in [-0.2, 0) is 14.9 Å². The second-order valence-electron chi connectivity index (χ2n) is 8.31. The first-order chi connectivity index (χ1) is 13.1. The van der Waals surface area contributed by atoms with Crippen molar-refractivity contribution in [3.63, 3.8) is 0 Å². The number of methoxy groups -OCH3 is 2. The zero-order valence-corrected chi connectivity index (χ0v) is 16.2. The molecule has 1 aromatic rings. The second kappa shape index (κ2) is 5.61. The monoisotopic (exact) mass is 367 g/mol. The number of hydrogen-bond donors (Lipinski definition) is 2. The van der Waals surface area contributed by atoms with Crippen molar-refractivity contribution < 1.29 is 19.2 Å². The van der Waals surface area contributed by atoms with Crippen LogP contribution in [0.2, 0.25) is 0 Å². The van der Waals surface area contributed by atoms with Crippen LogP contribution in [0.5, 0.6) is 5.75 Å². The van der Waals surface area contributed by atoms with Crippen LogP contribution in [0, 0.1) is 5.41 Å². The number of hydrogen-bond acceptors (Lipinski definition) is 4. The molecule has 4 atom stereocenters. The van der Waals surface area contributed by atoms with E-state index in [4.69, 9.17) is 9.47 Å². The van der Waals surface area contributed by atoms with Crippen LogP contribution in [0.25, 0.3) is 0 Å². The lowest BCUT2D eigenvalue weighted by Crippen LogP contribution is -3.17. The van der Waals surface area contributed by atoms with Gasteiger partial charge in [-0.2, -0.15) is 0 Å². The van der Waals surface area contributed by atoms with Crippen LogP contribution in [0.1, 0.15) is 31.7 Å². The Hall–Kier alpha value is -2.27. The summed E-state index contributed by atoms with van der Waals surface area (Å²) < 4.78 is 10.7. The average molecular weight is 367 g/mol. The summed E-state index contributed by atoms with van der Waals surface area (Å²) in [4.78, 5) is 14.5. The molecule has 0 aromatic heterocycles. The molecule has 3 aliphatic heterocycles. The molecule has 1 saturated heterocycles. The average Bonchev–Trinajstić information content (AvgIpc) is 3.26. The Bertz CT molecular complexity index is 890. The summed E-state index contributed by atoms with van der Waals surface area (Å²) in [6.45, 7) is 4.46. The fourth-order valence-corrected chi connectivity index (χ4v) is 6.40. The highest BCUT2D eigenvalue weighted by molar-refractivity contribution is 5.93. The number of carbonyl (C=O) groups excluding carboxylic acids is 1. The molecule has 3 heterocycles. The number of esters is 1. The molecule has 1 spiro atoms. The van der Waals surface area contributed by atoms with Gasteiger partial charge in [-0.1, -0.05) is 19.1 Å². The molecular weight excluding hydrogens is 340 g/mol. The predicted octanol–water partition coefficient (Wildman–Crippen LogP) is 1.81. The molecule has 5 rings (SSSR count). The lowest BCUT2D eigenvalue weighted by molar-refractivity contribution is -0.918. The molecule has 27 heavy (non-hydrogen) atoms. The maximum Gasteiger partial charge on any atom is 0.335 e. The van der Waals surface area contributed by atoms with Gasteiger partial charge in [-0.25, -0.2) is 4.79 Å². The number of quaternary nitrogens is 1. The molecule has 5 nitrogen and oxygen atoms in total. The van der Waals surface area contributed by atoms with Gasteiger partial charge in [0.05, 0.1) is 38.3 Å². The van der Waals surface area contributed by atoms with E-state index in [0.717, 1.165) is 55.1 Å². The molecule has 0 radical (unpaired) electrons. The van der Waals surface area contributed by atoms with E-state index in [-0.39, 0.29) is 16.8 Å². The third kappa shape index (κ3) is 1.95. The van der Waals surface area contributed by atoms with Gasteiger partial charge in [-0.3, -0.25) is 0 Å². The number of fused-ring (bicyclic) bond motifs is 1. The Kier molecular flexibility index (Phi) is 3.51. The smallest absolute Gasteiger partial charge is 0.335 e. The topological polar surface area (TPSA) is 52.0 Å². The van der Waals surface area contributed by atoms with Gasteiger partial charge in [-0.05, 0) is 30.5 Å². The molecule has 0 amide bonds. The fraction of sp³-hybridized carbons (Fsp3) is 0.500. The van der Waals surface area contributed by atoms with Crippen LogP contribution in [-0.4, -0.2) is 39.3 Å². The molecule has 1 aliphatic carbocycles. The van der Waals surface area contributed by atoms with E-state index >= 15 is 0 Å². The summed E-state index contributed by atoms with van der Waals surface area (Å²) in [6, 6.07) is 6.77. The largest absolute Gasteiger partial charge is 0.497 e. The molecule has 4 aliphatic rings. The maximum atomic E-state index is 12.8. The summed E-state index contributed by atoms with van der Waals surface area (Å²) >= 11 is 0. The van der Waals surface area contributed by atoms with E-state index in [1.165, 1.54) is 12.7 Å². The Morgan fingerprint density at radius 1 is 1.37 bits per heavy atom. The molecule has 1 aromatic carbocycles. The number of ether oxygens (including phenoxy) is 2. The van der Waals surface area contributed by atoms with Gasteiger partial charge in [0, 0.05) is 29.3 Å². The molecule has 5 heteroatoms. The SMILES string of the molecule is CC[C@]12C=CC[NH+]3CC[C@]4(C(=C(C(=O)OC)C1)Nc1cc(OC)ccc14)[C@@H]32. The third-order valence-corrected chi connectivity index (χ3v) is 7.46. The van der Waals surface area contributed by atoms with E-state index in [1.54, 1.807) is 12.0 Å². The number of carbonyl (C=O) groups is 1. The van der Waals surface area contributed by atoms with Crippen LogP contribution >= 0.6 is 0 Å². The van der Waals surface area contributed by atoms with Crippen molar-refractivity contribution in [2.45, 2.75) is 37.6 Å². The van der Waals surface area contributed by atoms with Crippen molar-refractivity contribution in [2.24, 2.45) is 5.41 Å². The molecule has 0 saturated carbocycles. The number of nitrogens with one attached hydrogen (secondary N) is 2. The quantitative estimate of drug-likeness (QED) is 0.632. The van der Waals surface area contributed by atoms with Crippen LogP contribution in [0.15, 0.2) is 41.6 Å². The normalized spacial score (nSPS) is 35.2. The fourth-order valence-electron chi connectivity index (χ4n) is 6.40. The summed E-state index contributed by atoms with van der Waals surface area (Å²) in [6.07, 6.45) is 7.55. The van der Waals surface area contributed by atoms with E-state index in [1.807, 2.05) is 0 Å². The summed E-state index contributed by atoms with van der Waals surface area (Å²) in [5.74, 6) is 0.638. The Morgan fingerprint density at radius 2 is 2.22 bits per heavy atom. The molecule has 2 N–H and O–H groups in total. The van der Waals surface area contributed by atoms with Crippen molar-refractivity contribution in [3.8, 4) is 5.75 Å². The maximum absolute atomic E-state index is 12.8. The minimum absolute atomic E-state index is 0.000322. The Balaban J connectivity index is 1.80. The van der Waals surface area contributed by atoms with Crippen molar-refractivity contribution in [1.82, 2.24) is 0 Å². The van der Waals surface area contributed by atoms with Gasteiger partial charge in [0.1, 0.15) is 11.8 Å². The van der Waals surface area contributed by atoms with Crippen molar-refractivity contribution in [3.05, 3.63) is 47.2 Å². The van der Waals surface area contributed by atoms with E-state index in [2.05, 4.69) is 42.6 Å². The first-order valence-electron chi connectivity index (χ1n) is 9.89. The molecule has 0 bridgehead atoms. The number of rotatable bonds is 3. The number of benzene rings is 1. The standard InChI is InChI=1S/C22H26N2O3/c1-4-21-8-5-10-24-11-9-22(20(21)24)16-7-6-14(26-2)12-17(16)23-18(22)15(13-21)19(25)27-3/h5-8,12,20,23H,4,9-11,13H2,1-3H3/p+1/t20-,21-,22-/m0/s1. The lowest BCUT2D eigenvalue weighted by Gasteiger charge is -2.50. The van der Waals surface area contributed by atoms with Gasteiger partial charge in [0.15, 0.2) is 0 Å². The van der Waals surface area contributed by atoms with E-state index < -0.39 is 0 Å². The third-order valence-electron chi connectivity index (χ3n) is 7.46. The molecule has 142 valence electrons. The molecular formula is C22H27N2O3+. The van der Waals surface area contributed by atoms with Crippen molar-refractivity contribution >= 4 is 11.7 Å². The zero-order chi connectivity index (χ0) is 18.8. The van der Waals surface area contributed by atoms with Gasteiger partial charge < -0.3 is 19.7 Å².